The second-order valence-corrected chi connectivity index (χ2v) is 2.88. The van der Waals surface area contributed by atoms with Crippen molar-refractivity contribution in [1.29, 1.82) is 0 Å². The molecule has 0 saturated carbocycles. The molecule has 0 aromatic heterocycles. The summed E-state index contributed by atoms with van der Waals surface area (Å²) >= 11 is 0. The molecule has 0 N–H and O–H groups in total. The van der Waals surface area contributed by atoms with E-state index in [0.29, 0.717) is 5.92 Å². The van der Waals surface area contributed by atoms with Crippen molar-refractivity contribution >= 4 is 10.5 Å². The van der Waals surface area contributed by atoms with Crippen molar-refractivity contribution in [3.63, 3.8) is 0 Å². The summed E-state index contributed by atoms with van der Waals surface area (Å²) in [4.78, 5) is 0. The maximum Gasteiger partial charge on any atom is 0.247 e. The average molecular weight is 167 g/mol. The summed E-state index contributed by atoms with van der Waals surface area (Å²) in [6.07, 6.45) is 4.56. The van der Waals surface area contributed by atoms with Gasteiger partial charge < -0.3 is 4.43 Å². The molecule has 1 unspecified atom stereocenters. The number of rotatable bonds is 5. The summed E-state index contributed by atoms with van der Waals surface area (Å²) in [6.45, 7) is 11.6. The summed E-state index contributed by atoms with van der Waals surface area (Å²) in [5.74, 6) is 0.384. The predicted octanol–water partition coefficient (Wildman–Crippen LogP) is 2.24. The van der Waals surface area contributed by atoms with Crippen LogP contribution in [-0.2, 0) is 4.43 Å². The molecule has 2 heteroatoms. The Morgan fingerprint density at radius 3 is 2.09 bits per heavy atom. The van der Waals surface area contributed by atoms with Crippen LogP contribution in [0, 0.1) is 5.92 Å². The second-order valence-electron chi connectivity index (χ2n) is 2.67. The topological polar surface area (TPSA) is 9.23 Å². The van der Waals surface area contributed by atoms with E-state index in [2.05, 4.69) is 37.5 Å². The molecule has 0 fully saturated rings. The first-order chi connectivity index (χ1) is 5.16. The first-order valence-corrected chi connectivity index (χ1v) is 4.19. The van der Waals surface area contributed by atoms with Gasteiger partial charge in [0.2, 0.25) is 10.5 Å². The van der Waals surface area contributed by atoms with Crippen molar-refractivity contribution < 1.29 is 4.43 Å². The van der Waals surface area contributed by atoms with Gasteiger partial charge in [0, 0.05) is 0 Å². The fourth-order valence-electron chi connectivity index (χ4n) is 0.989. The smallest absolute Gasteiger partial charge is 0.247 e. The molecule has 61 valence electrons. The standard InChI is InChI=1S/C9H15OSi/c1-5-8(4)9(6-2,7-3)10-11/h6-8H,2-3,5H2,1,4H3. The first-order valence-electron chi connectivity index (χ1n) is 3.78. The van der Waals surface area contributed by atoms with Gasteiger partial charge in [-0.05, 0) is 5.92 Å². The van der Waals surface area contributed by atoms with E-state index in [-0.39, 0.29) is 0 Å². The van der Waals surface area contributed by atoms with Crippen molar-refractivity contribution in [2.45, 2.75) is 25.9 Å². The first kappa shape index (κ1) is 10.7. The van der Waals surface area contributed by atoms with Crippen molar-refractivity contribution in [3.05, 3.63) is 25.3 Å². The van der Waals surface area contributed by atoms with E-state index < -0.39 is 5.60 Å². The molecular weight excluding hydrogens is 152 g/mol. The summed E-state index contributed by atoms with van der Waals surface area (Å²) in [6, 6.07) is 0. The van der Waals surface area contributed by atoms with E-state index in [9.17, 15) is 0 Å². The maximum absolute atomic E-state index is 5.16. The minimum Gasteiger partial charge on any atom is -0.406 e. The lowest BCUT2D eigenvalue weighted by molar-refractivity contribution is 0.122. The van der Waals surface area contributed by atoms with Crippen LogP contribution >= 0.6 is 0 Å². The molecule has 3 radical (unpaired) electrons. The van der Waals surface area contributed by atoms with Crippen molar-refractivity contribution in [2.75, 3.05) is 0 Å². The Hall–Kier alpha value is -0.343. The van der Waals surface area contributed by atoms with Crippen molar-refractivity contribution in [1.82, 2.24) is 0 Å². The lowest BCUT2D eigenvalue weighted by atomic mass is 9.87. The highest BCUT2D eigenvalue weighted by Crippen LogP contribution is 2.25. The molecule has 1 atom stereocenters. The molecule has 0 spiro atoms. The summed E-state index contributed by atoms with van der Waals surface area (Å²) in [7, 11) is 3.04. The molecule has 0 aliphatic heterocycles. The summed E-state index contributed by atoms with van der Waals surface area (Å²) in [5.41, 5.74) is -0.425. The molecule has 0 aromatic rings. The van der Waals surface area contributed by atoms with E-state index >= 15 is 0 Å². The molecule has 0 amide bonds. The third-order valence-electron chi connectivity index (χ3n) is 2.20. The third kappa shape index (κ3) is 2.04. The van der Waals surface area contributed by atoms with E-state index in [4.69, 9.17) is 4.43 Å². The molecule has 0 aliphatic rings. The Bertz CT molecular complexity index is 134. The quantitative estimate of drug-likeness (QED) is 0.451. The molecule has 0 rings (SSSR count). The minimum absolute atomic E-state index is 0.384. The zero-order valence-electron chi connectivity index (χ0n) is 7.26. The Morgan fingerprint density at radius 2 is 2.00 bits per heavy atom. The van der Waals surface area contributed by atoms with Crippen LogP contribution in [0.3, 0.4) is 0 Å². The van der Waals surface area contributed by atoms with Gasteiger partial charge in [0.25, 0.3) is 0 Å². The lowest BCUT2D eigenvalue weighted by Gasteiger charge is -2.31. The van der Waals surface area contributed by atoms with Gasteiger partial charge in [-0.25, -0.2) is 0 Å². The van der Waals surface area contributed by atoms with Crippen LogP contribution in [0.5, 0.6) is 0 Å². The maximum atomic E-state index is 5.16. The number of hydrogen-bond acceptors (Lipinski definition) is 1. The summed E-state index contributed by atoms with van der Waals surface area (Å²) < 4.78 is 5.16. The minimum atomic E-state index is -0.425. The van der Waals surface area contributed by atoms with Crippen LogP contribution in [0.25, 0.3) is 0 Å². The van der Waals surface area contributed by atoms with E-state index in [0.717, 1.165) is 6.42 Å². The van der Waals surface area contributed by atoms with Gasteiger partial charge in [0.05, 0.1) is 5.60 Å². The average Bonchev–Trinajstić information content (AvgIpc) is 2.08. The normalized spacial score (nSPS) is 14.1. The lowest BCUT2D eigenvalue weighted by Crippen LogP contribution is -2.34. The molecular formula is C9H15OSi. The Kier molecular flexibility index (Phi) is 4.38. The Balaban J connectivity index is 4.52. The second kappa shape index (κ2) is 4.52. The third-order valence-corrected chi connectivity index (χ3v) is 2.55. The van der Waals surface area contributed by atoms with Gasteiger partial charge in [-0.2, -0.15) is 0 Å². The Labute approximate surface area is 72.7 Å². The Morgan fingerprint density at radius 1 is 1.55 bits per heavy atom. The molecule has 0 aromatic carbocycles. The monoisotopic (exact) mass is 167 g/mol. The zero-order valence-corrected chi connectivity index (χ0v) is 8.26. The van der Waals surface area contributed by atoms with Crippen LogP contribution in [0.15, 0.2) is 25.3 Å². The van der Waals surface area contributed by atoms with Gasteiger partial charge in [-0.1, -0.05) is 45.6 Å². The van der Waals surface area contributed by atoms with Crippen LogP contribution in [-0.4, -0.2) is 16.1 Å². The van der Waals surface area contributed by atoms with Gasteiger partial charge in [-0.3, -0.25) is 0 Å². The summed E-state index contributed by atoms with van der Waals surface area (Å²) in [5, 5.41) is 0. The van der Waals surface area contributed by atoms with E-state index in [1.807, 2.05) is 0 Å². The van der Waals surface area contributed by atoms with E-state index in [1.165, 1.54) is 0 Å². The van der Waals surface area contributed by atoms with Gasteiger partial charge in [-0.15, -0.1) is 0 Å². The van der Waals surface area contributed by atoms with Gasteiger partial charge >= 0.3 is 0 Å². The molecule has 0 bridgehead atoms. The van der Waals surface area contributed by atoms with Crippen LogP contribution in [0.1, 0.15) is 20.3 Å². The predicted molar refractivity (Wildman–Crippen MR) is 49.4 cm³/mol. The zero-order chi connectivity index (χ0) is 8.91. The largest absolute Gasteiger partial charge is 0.406 e. The SMILES string of the molecule is C=CC(C=C)(O[Si])C(C)CC. The molecule has 1 nitrogen and oxygen atoms in total. The fraction of sp³-hybridized carbons (Fsp3) is 0.556. The highest BCUT2D eigenvalue weighted by molar-refractivity contribution is 5.98. The van der Waals surface area contributed by atoms with Crippen LogP contribution in [0.4, 0.5) is 0 Å². The van der Waals surface area contributed by atoms with Crippen LogP contribution < -0.4 is 0 Å². The highest BCUT2D eigenvalue weighted by atomic mass is 28.2. The van der Waals surface area contributed by atoms with Crippen LogP contribution in [0.2, 0.25) is 0 Å². The van der Waals surface area contributed by atoms with Crippen molar-refractivity contribution in [2.24, 2.45) is 5.92 Å². The van der Waals surface area contributed by atoms with E-state index in [1.54, 1.807) is 12.2 Å². The molecule has 0 heterocycles. The van der Waals surface area contributed by atoms with Gasteiger partial charge in [0.15, 0.2) is 0 Å². The molecule has 11 heavy (non-hydrogen) atoms. The molecule has 0 saturated heterocycles. The number of hydrogen-bond donors (Lipinski definition) is 0. The fourth-order valence-corrected chi connectivity index (χ4v) is 1.36. The van der Waals surface area contributed by atoms with Crippen molar-refractivity contribution in [3.8, 4) is 0 Å². The molecule has 0 aliphatic carbocycles. The van der Waals surface area contributed by atoms with Gasteiger partial charge in [0.1, 0.15) is 0 Å². The highest BCUT2D eigenvalue weighted by Gasteiger charge is 2.27.